The van der Waals surface area contributed by atoms with Gasteiger partial charge in [0.05, 0.1) is 30.8 Å². The van der Waals surface area contributed by atoms with Crippen LogP contribution in [0.25, 0.3) is 0 Å². The van der Waals surface area contributed by atoms with E-state index in [9.17, 15) is 9.59 Å². The first-order valence-corrected chi connectivity index (χ1v) is 10.1. The van der Waals surface area contributed by atoms with Gasteiger partial charge in [-0.3, -0.25) is 14.3 Å². The van der Waals surface area contributed by atoms with Gasteiger partial charge in [-0.05, 0) is 43.5 Å². The van der Waals surface area contributed by atoms with Gasteiger partial charge in [-0.1, -0.05) is 17.8 Å². The maximum Gasteiger partial charge on any atom is 0.349 e. The summed E-state index contributed by atoms with van der Waals surface area (Å²) in [6, 6.07) is 9.25. The normalized spacial score (nSPS) is 12.7. The lowest BCUT2D eigenvalue weighted by Crippen LogP contribution is -2.28. The Morgan fingerprint density at radius 2 is 2.18 bits per heavy atom. The van der Waals surface area contributed by atoms with Gasteiger partial charge in [-0.15, -0.1) is 0 Å². The Hall–Kier alpha value is -2.87. The Kier molecular flexibility index (Phi) is 5.57. The van der Waals surface area contributed by atoms with Crippen LogP contribution in [0.15, 0.2) is 57.0 Å². The van der Waals surface area contributed by atoms with Gasteiger partial charge in [0.1, 0.15) is 10.8 Å². The van der Waals surface area contributed by atoms with Crippen molar-refractivity contribution in [3.8, 4) is 0 Å². The van der Waals surface area contributed by atoms with Crippen molar-refractivity contribution in [1.82, 2.24) is 19.9 Å². The highest BCUT2D eigenvalue weighted by Gasteiger charge is 2.22. The van der Waals surface area contributed by atoms with Crippen molar-refractivity contribution in [2.24, 2.45) is 0 Å². The molecule has 0 radical (unpaired) electrons. The number of hydrogen-bond donors (Lipinski definition) is 1. The standard InChI is InChI=1S/C20H20N4O3S/c25-18(22-11-15-6-4-10-27-15)13-28-19-16-7-3-8-17(16)24(20(26)23-19)12-14-5-1-2-9-21-14/h1-2,4-6,9-10H,3,7-8,11-13H2,(H,22,25). The summed E-state index contributed by atoms with van der Waals surface area (Å²) in [5.41, 5.74) is 2.64. The van der Waals surface area contributed by atoms with Crippen molar-refractivity contribution in [3.05, 3.63) is 76.0 Å². The summed E-state index contributed by atoms with van der Waals surface area (Å²) in [7, 11) is 0. The first kappa shape index (κ1) is 18.5. The molecule has 0 aromatic carbocycles. The van der Waals surface area contributed by atoms with E-state index in [4.69, 9.17) is 4.42 Å². The summed E-state index contributed by atoms with van der Waals surface area (Å²) >= 11 is 1.32. The number of nitrogens with zero attached hydrogens (tertiary/aromatic N) is 3. The third kappa shape index (κ3) is 4.17. The van der Waals surface area contributed by atoms with E-state index in [0.29, 0.717) is 23.9 Å². The van der Waals surface area contributed by atoms with E-state index >= 15 is 0 Å². The second-order valence-corrected chi connectivity index (χ2v) is 7.49. The minimum absolute atomic E-state index is 0.118. The lowest BCUT2D eigenvalue weighted by Gasteiger charge is -2.14. The van der Waals surface area contributed by atoms with E-state index in [1.54, 1.807) is 23.1 Å². The first-order valence-electron chi connectivity index (χ1n) is 9.15. The Morgan fingerprint density at radius 3 is 2.96 bits per heavy atom. The minimum Gasteiger partial charge on any atom is -0.467 e. The second-order valence-electron chi connectivity index (χ2n) is 6.53. The molecule has 0 saturated heterocycles. The molecule has 3 aromatic heterocycles. The highest BCUT2D eigenvalue weighted by molar-refractivity contribution is 7.99. The second kappa shape index (κ2) is 8.43. The SMILES string of the molecule is O=C(CSc1nc(=O)n(Cc2ccccn2)c2c1CCC2)NCc1ccco1. The van der Waals surface area contributed by atoms with Crippen LogP contribution in [0.1, 0.15) is 29.1 Å². The molecule has 28 heavy (non-hydrogen) atoms. The predicted molar refractivity (Wildman–Crippen MR) is 105 cm³/mol. The molecule has 144 valence electrons. The smallest absolute Gasteiger partial charge is 0.349 e. The van der Waals surface area contributed by atoms with E-state index in [1.807, 2.05) is 24.3 Å². The van der Waals surface area contributed by atoms with Gasteiger partial charge in [0.25, 0.3) is 0 Å². The van der Waals surface area contributed by atoms with Gasteiger partial charge in [0, 0.05) is 17.5 Å². The summed E-state index contributed by atoms with van der Waals surface area (Å²) in [5.74, 6) is 0.797. The molecular weight excluding hydrogens is 376 g/mol. The summed E-state index contributed by atoms with van der Waals surface area (Å²) in [6.45, 7) is 0.771. The van der Waals surface area contributed by atoms with Crippen molar-refractivity contribution in [2.45, 2.75) is 37.4 Å². The van der Waals surface area contributed by atoms with E-state index in [-0.39, 0.29) is 17.3 Å². The number of thioether (sulfide) groups is 1. The Labute approximate surface area is 166 Å². The first-order chi connectivity index (χ1) is 13.7. The van der Waals surface area contributed by atoms with Gasteiger partial charge < -0.3 is 9.73 Å². The number of rotatable bonds is 7. The maximum atomic E-state index is 12.6. The number of pyridine rings is 1. The van der Waals surface area contributed by atoms with Crippen molar-refractivity contribution in [2.75, 3.05) is 5.75 Å². The number of fused-ring (bicyclic) bond motifs is 1. The third-order valence-electron chi connectivity index (χ3n) is 4.63. The summed E-state index contributed by atoms with van der Waals surface area (Å²) in [4.78, 5) is 33.3. The van der Waals surface area contributed by atoms with Crippen LogP contribution in [-0.4, -0.2) is 26.2 Å². The Bertz CT molecular complexity index is 1020. The number of furan rings is 1. The molecule has 8 heteroatoms. The number of carbonyl (C=O) groups excluding carboxylic acids is 1. The molecule has 0 unspecified atom stereocenters. The zero-order valence-corrected chi connectivity index (χ0v) is 16.1. The van der Waals surface area contributed by atoms with Gasteiger partial charge in [0.15, 0.2) is 0 Å². The van der Waals surface area contributed by atoms with Crippen LogP contribution in [-0.2, 0) is 30.7 Å². The molecule has 1 aliphatic rings. The topological polar surface area (TPSA) is 90.0 Å². The van der Waals surface area contributed by atoms with Crippen LogP contribution in [0.5, 0.6) is 0 Å². The van der Waals surface area contributed by atoms with E-state index in [2.05, 4.69) is 15.3 Å². The van der Waals surface area contributed by atoms with Gasteiger partial charge in [0.2, 0.25) is 5.91 Å². The van der Waals surface area contributed by atoms with Crippen LogP contribution in [0.2, 0.25) is 0 Å². The molecule has 0 fully saturated rings. The number of amides is 1. The molecule has 4 rings (SSSR count). The van der Waals surface area contributed by atoms with E-state index in [0.717, 1.165) is 36.2 Å². The molecule has 3 heterocycles. The molecule has 7 nitrogen and oxygen atoms in total. The van der Waals surface area contributed by atoms with E-state index in [1.165, 1.54) is 11.8 Å². The molecule has 1 N–H and O–H groups in total. The molecule has 1 amide bonds. The van der Waals surface area contributed by atoms with Gasteiger partial charge in [-0.2, -0.15) is 4.98 Å². The quantitative estimate of drug-likeness (QED) is 0.486. The fraction of sp³-hybridized carbons (Fsp3) is 0.300. The fourth-order valence-corrected chi connectivity index (χ4v) is 4.21. The average Bonchev–Trinajstić information content (AvgIpc) is 3.40. The molecule has 0 atom stereocenters. The number of hydrogen-bond acceptors (Lipinski definition) is 6. The minimum atomic E-state index is -0.287. The van der Waals surface area contributed by atoms with E-state index < -0.39 is 0 Å². The molecule has 1 aliphatic carbocycles. The molecular formula is C20H20N4O3S. The number of aromatic nitrogens is 3. The van der Waals surface area contributed by atoms with Gasteiger partial charge >= 0.3 is 5.69 Å². The Balaban J connectivity index is 1.46. The van der Waals surface area contributed by atoms with Crippen LogP contribution in [0, 0.1) is 0 Å². The average molecular weight is 396 g/mol. The lowest BCUT2D eigenvalue weighted by atomic mass is 10.2. The molecule has 0 bridgehead atoms. The predicted octanol–water partition coefficient (Wildman–Crippen LogP) is 2.18. The summed E-state index contributed by atoms with van der Waals surface area (Å²) in [5, 5.41) is 3.48. The largest absolute Gasteiger partial charge is 0.467 e. The summed E-state index contributed by atoms with van der Waals surface area (Å²) in [6.07, 6.45) is 6.00. The monoisotopic (exact) mass is 396 g/mol. The third-order valence-corrected chi connectivity index (χ3v) is 5.64. The van der Waals surface area contributed by atoms with Crippen molar-refractivity contribution in [1.29, 1.82) is 0 Å². The van der Waals surface area contributed by atoms with Crippen LogP contribution in [0.3, 0.4) is 0 Å². The van der Waals surface area contributed by atoms with Crippen LogP contribution < -0.4 is 11.0 Å². The number of carbonyl (C=O) groups is 1. The highest BCUT2D eigenvalue weighted by Crippen LogP contribution is 2.29. The molecule has 3 aromatic rings. The lowest BCUT2D eigenvalue weighted by molar-refractivity contribution is -0.118. The maximum absolute atomic E-state index is 12.6. The highest BCUT2D eigenvalue weighted by atomic mass is 32.2. The van der Waals surface area contributed by atoms with Crippen molar-refractivity contribution in [3.63, 3.8) is 0 Å². The summed E-state index contributed by atoms with van der Waals surface area (Å²) < 4.78 is 6.92. The zero-order chi connectivity index (χ0) is 19.3. The van der Waals surface area contributed by atoms with Crippen LogP contribution in [0.4, 0.5) is 0 Å². The fourth-order valence-electron chi connectivity index (χ4n) is 3.31. The van der Waals surface area contributed by atoms with Crippen LogP contribution >= 0.6 is 11.8 Å². The van der Waals surface area contributed by atoms with Crippen molar-refractivity contribution >= 4 is 17.7 Å². The molecule has 0 saturated carbocycles. The molecule has 0 spiro atoms. The number of nitrogens with one attached hydrogen (secondary N) is 1. The zero-order valence-electron chi connectivity index (χ0n) is 15.3. The molecule has 0 aliphatic heterocycles. The Morgan fingerprint density at radius 1 is 1.25 bits per heavy atom. The van der Waals surface area contributed by atoms with Gasteiger partial charge in [-0.25, -0.2) is 4.79 Å². The van der Waals surface area contributed by atoms with Crippen molar-refractivity contribution < 1.29 is 9.21 Å².